The van der Waals surface area contributed by atoms with E-state index in [1.807, 2.05) is 0 Å². The molecule has 2 aromatic heterocycles. The maximum absolute atomic E-state index is 14.2. The first kappa shape index (κ1) is 15.2. The summed E-state index contributed by atoms with van der Waals surface area (Å²) in [4.78, 5) is 0.625. The molecule has 0 aliphatic carbocycles. The van der Waals surface area contributed by atoms with Gasteiger partial charge >= 0.3 is 0 Å². The number of rotatable bonds is 4. The molecule has 0 saturated carbocycles. The lowest BCUT2D eigenvalue weighted by Crippen LogP contribution is -2.17. The Morgan fingerprint density at radius 2 is 2.00 bits per heavy atom. The molecule has 118 valence electrons. The summed E-state index contributed by atoms with van der Waals surface area (Å²) in [6.45, 7) is 2.14. The summed E-state index contributed by atoms with van der Waals surface area (Å²) in [5.41, 5.74) is 0.594. The third-order valence-electron chi connectivity index (χ3n) is 3.06. The van der Waals surface area contributed by atoms with E-state index in [0.717, 1.165) is 4.68 Å². The van der Waals surface area contributed by atoms with Crippen LogP contribution < -0.4 is 5.32 Å². The third kappa shape index (κ3) is 3.24. The SMILES string of the molecule is CC(=S)NCc1cn(-c2cc(F)c(-n3cccn3)c(F)c2)nn1. The fourth-order valence-electron chi connectivity index (χ4n) is 2.02. The largest absolute Gasteiger partial charge is 0.374 e. The van der Waals surface area contributed by atoms with E-state index in [4.69, 9.17) is 12.2 Å². The highest BCUT2D eigenvalue weighted by atomic mass is 32.1. The number of aromatic nitrogens is 5. The van der Waals surface area contributed by atoms with Gasteiger partial charge in [-0.15, -0.1) is 5.10 Å². The van der Waals surface area contributed by atoms with E-state index in [1.54, 1.807) is 19.2 Å². The van der Waals surface area contributed by atoms with Crippen LogP contribution in [0.1, 0.15) is 12.6 Å². The Hall–Kier alpha value is -2.68. The lowest BCUT2D eigenvalue weighted by Gasteiger charge is -2.07. The Balaban J connectivity index is 1.91. The van der Waals surface area contributed by atoms with Crippen molar-refractivity contribution in [3.63, 3.8) is 0 Å². The minimum atomic E-state index is -0.742. The van der Waals surface area contributed by atoms with E-state index in [9.17, 15) is 8.78 Å². The van der Waals surface area contributed by atoms with Crippen LogP contribution in [0.15, 0.2) is 36.8 Å². The molecule has 0 unspecified atom stereocenters. The van der Waals surface area contributed by atoms with Crippen molar-refractivity contribution in [2.75, 3.05) is 0 Å². The van der Waals surface area contributed by atoms with Crippen LogP contribution in [0, 0.1) is 11.6 Å². The van der Waals surface area contributed by atoms with E-state index >= 15 is 0 Å². The molecule has 9 heteroatoms. The molecule has 23 heavy (non-hydrogen) atoms. The number of thiocarbonyl (C=S) groups is 1. The Labute approximate surface area is 135 Å². The topological polar surface area (TPSA) is 60.6 Å². The summed E-state index contributed by atoms with van der Waals surface area (Å²) in [6, 6.07) is 3.94. The molecule has 6 nitrogen and oxygen atoms in total. The summed E-state index contributed by atoms with van der Waals surface area (Å²) >= 11 is 4.91. The number of halogens is 2. The first-order chi connectivity index (χ1) is 11.0. The standard InChI is InChI=1S/C14H12F2N6S/c1-9(23)17-7-10-8-22(20-19-10)11-5-12(15)14(13(16)6-11)21-4-2-3-18-21/h2-6,8H,7H2,1H3,(H,17,23). The molecule has 0 saturated heterocycles. The Bertz CT molecular complexity index is 820. The van der Waals surface area contributed by atoms with Crippen molar-refractivity contribution in [2.45, 2.75) is 13.5 Å². The number of benzene rings is 1. The molecule has 1 aromatic carbocycles. The number of hydrogen-bond acceptors (Lipinski definition) is 4. The van der Waals surface area contributed by atoms with Crippen molar-refractivity contribution < 1.29 is 8.78 Å². The van der Waals surface area contributed by atoms with Gasteiger partial charge in [0.2, 0.25) is 0 Å². The van der Waals surface area contributed by atoms with Crippen molar-refractivity contribution in [1.29, 1.82) is 0 Å². The first-order valence-corrected chi connectivity index (χ1v) is 7.10. The van der Waals surface area contributed by atoms with E-state index in [0.29, 0.717) is 17.2 Å². The van der Waals surface area contributed by atoms with Crippen LogP contribution in [0.5, 0.6) is 0 Å². The Kier molecular flexibility index (Phi) is 4.11. The lowest BCUT2D eigenvalue weighted by atomic mass is 10.2. The highest BCUT2D eigenvalue weighted by Crippen LogP contribution is 2.21. The van der Waals surface area contributed by atoms with Gasteiger partial charge in [0.25, 0.3) is 0 Å². The molecule has 0 amide bonds. The summed E-state index contributed by atoms with van der Waals surface area (Å²) < 4.78 is 30.9. The molecule has 0 aliphatic rings. The minimum absolute atomic E-state index is 0.230. The zero-order valence-electron chi connectivity index (χ0n) is 12.1. The number of nitrogens with zero attached hydrogens (tertiary/aromatic N) is 5. The quantitative estimate of drug-likeness (QED) is 0.741. The fraction of sp³-hybridized carbons (Fsp3) is 0.143. The maximum Gasteiger partial charge on any atom is 0.154 e. The van der Waals surface area contributed by atoms with E-state index in [1.165, 1.54) is 29.2 Å². The van der Waals surface area contributed by atoms with Crippen LogP contribution in [0.25, 0.3) is 11.4 Å². The van der Waals surface area contributed by atoms with E-state index in [2.05, 4.69) is 20.7 Å². The van der Waals surface area contributed by atoms with Crippen molar-refractivity contribution in [1.82, 2.24) is 30.1 Å². The van der Waals surface area contributed by atoms with Gasteiger partial charge in [-0.1, -0.05) is 17.4 Å². The fourth-order valence-corrected chi connectivity index (χ4v) is 2.10. The second-order valence-corrected chi connectivity index (χ2v) is 5.39. The molecule has 0 atom stereocenters. The van der Waals surface area contributed by atoms with E-state index in [-0.39, 0.29) is 11.4 Å². The minimum Gasteiger partial charge on any atom is -0.374 e. The average molecular weight is 334 g/mol. The Morgan fingerprint density at radius 1 is 1.26 bits per heavy atom. The number of nitrogens with one attached hydrogen (secondary N) is 1. The molecular formula is C14H12F2N6S. The molecule has 3 rings (SSSR count). The van der Waals surface area contributed by atoms with Crippen LogP contribution in [-0.2, 0) is 6.54 Å². The van der Waals surface area contributed by atoms with Gasteiger partial charge in [-0.2, -0.15) is 5.10 Å². The molecule has 0 radical (unpaired) electrons. The van der Waals surface area contributed by atoms with Gasteiger partial charge in [0.05, 0.1) is 23.4 Å². The van der Waals surface area contributed by atoms with Crippen LogP contribution in [-0.4, -0.2) is 29.8 Å². The molecule has 0 spiro atoms. The van der Waals surface area contributed by atoms with Gasteiger partial charge < -0.3 is 5.32 Å². The van der Waals surface area contributed by atoms with Gasteiger partial charge in [0, 0.05) is 24.5 Å². The van der Waals surface area contributed by atoms with Crippen molar-refractivity contribution in [2.24, 2.45) is 0 Å². The van der Waals surface area contributed by atoms with Crippen LogP contribution in [0.4, 0.5) is 8.78 Å². The number of hydrogen-bond donors (Lipinski definition) is 1. The zero-order chi connectivity index (χ0) is 16.4. The van der Waals surface area contributed by atoms with Gasteiger partial charge in [-0.3, -0.25) is 0 Å². The third-order valence-corrected chi connectivity index (χ3v) is 3.20. The monoisotopic (exact) mass is 334 g/mol. The van der Waals surface area contributed by atoms with Crippen molar-refractivity contribution in [3.8, 4) is 11.4 Å². The second-order valence-electron chi connectivity index (χ2n) is 4.77. The van der Waals surface area contributed by atoms with E-state index < -0.39 is 11.6 Å². The molecule has 0 bridgehead atoms. The van der Waals surface area contributed by atoms with Crippen molar-refractivity contribution in [3.05, 3.63) is 54.1 Å². The summed E-state index contributed by atoms with van der Waals surface area (Å²) in [6.07, 6.45) is 4.49. The van der Waals surface area contributed by atoms with Crippen LogP contribution in [0.3, 0.4) is 0 Å². The predicted octanol–water partition coefficient (Wildman–Crippen LogP) is 2.17. The second kappa shape index (κ2) is 6.21. The molecule has 0 aliphatic heterocycles. The summed E-state index contributed by atoms with van der Waals surface area (Å²) in [7, 11) is 0. The summed E-state index contributed by atoms with van der Waals surface area (Å²) in [5, 5.41) is 14.6. The zero-order valence-corrected chi connectivity index (χ0v) is 12.9. The van der Waals surface area contributed by atoms with Gasteiger partial charge in [0.1, 0.15) is 11.4 Å². The predicted molar refractivity (Wildman–Crippen MR) is 83.5 cm³/mol. The lowest BCUT2D eigenvalue weighted by molar-refractivity contribution is 0.557. The maximum atomic E-state index is 14.2. The van der Waals surface area contributed by atoms with Gasteiger partial charge in [0.15, 0.2) is 11.6 Å². The smallest absolute Gasteiger partial charge is 0.154 e. The molecule has 2 heterocycles. The first-order valence-electron chi connectivity index (χ1n) is 6.69. The molecule has 1 N–H and O–H groups in total. The molecular weight excluding hydrogens is 322 g/mol. The summed E-state index contributed by atoms with van der Waals surface area (Å²) in [5.74, 6) is -1.48. The Morgan fingerprint density at radius 3 is 2.61 bits per heavy atom. The van der Waals surface area contributed by atoms with Gasteiger partial charge in [-0.25, -0.2) is 18.1 Å². The van der Waals surface area contributed by atoms with Crippen molar-refractivity contribution >= 4 is 17.2 Å². The van der Waals surface area contributed by atoms with Crippen LogP contribution in [0.2, 0.25) is 0 Å². The molecule has 0 fully saturated rings. The normalized spacial score (nSPS) is 10.7. The highest BCUT2D eigenvalue weighted by molar-refractivity contribution is 7.80. The van der Waals surface area contributed by atoms with Crippen LogP contribution >= 0.6 is 12.2 Å². The molecule has 3 aromatic rings. The van der Waals surface area contributed by atoms with Gasteiger partial charge in [-0.05, 0) is 13.0 Å². The average Bonchev–Trinajstić information content (AvgIpc) is 3.16. The highest BCUT2D eigenvalue weighted by Gasteiger charge is 2.15.